The number of thiazole rings is 2. The van der Waals surface area contributed by atoms with Crippen LogP contribution in [0.5, 0.6) is 5.75 Å². The Bertz CT molecular complexity index is 2810. The molecule has 6 heterocycles. The molecule has 0 saturated carbocycles. The molecule has 0 bridgehead atoms. The highest BCUT2D eigenvalue weighted by Gasteiger charge is 2.45. The van der Waals surface area contributed by atoms with Gasteiger partial charge in [0.25, 0.3) is 11.8 Å². The molecule has 2 saturated heterocycles. The summed E-state index contributed by atoms with van der Waals surface area (Å²) >= 11 is 2.52. The summed E-state index contributed by atoms with van der Waals surface area (Å²) in [5, 5.41) is 16.7. The topological polar surface area (TPSA) is 164 Å². The number of fused-ring (bicyclic) bond motifs is 2. The van der Waals surface area contributed by atoms with E-state index in [0.29, 0.717) is 45.8 Å². The molecular weight excluding hydrogens is 911 g/mol. The van der Waals surface area contributed by atoms with Gasteiger partial charge in [-0.2, -0.15) is 0 Å². The first-order chi connectivity index (χ1) is 32.9. The number of hydrogen-bond acceptors (Lipinski definition) is 14. The number of nitrogens with zero attached hydrogens (tertiary/aromatic N) is 6. The van der Waals surface area contributed by atoms with Crippen LogP contribution in [0.2, 0.25) is 0 Å². The van der Waals surface area contributed by atoms with E-state index in [0.717, 1.165) is 92.7 Å². The van der Waals surface area contributed by atoms with E-state index in [9.17, 15) is 28.0 Å². The molecule has 19 heteroatoms. The summed E-state index contributed by atoms with van der Waals surface area (Å²) in [5.41, 5.74) is 6.25. The monoisotopic (exact) mass is 962 g/mol. The Balaban J connectivity index is 0.000000151. The van der Waals surface area contributed by atoms with Crippen molar-refractivity contribution >= 4 is 85.4 Å². The lowest BCUT2D eigenvalue weighted by atomic mass is 9.86. The van der Waals surface area contributed by atoms with Crippen LogP contribution in [0.4, 0.5) is 47.5 Å². The van der Waals surface area contributed by atoms with E-state index in [4.69, 9.17) is 4.74 Å². The fourth-order valence-corrected chi connectivity index (χ4v) is 10.0. The summed E-state index contributed by atoms with van der Waals surface area (Å²) < 4.78 is 32.2. The van der Waals surface area contributed by atoms with Gasteiger partial charge in [0, 0.05) is 69.2 Å². The van der Waals surface area contributed by atoms with E-state index < -0.39 is 17.1 Å². The number of carbonyl (C=O) groups excluding carboxylic acids is 4. The fraction of sp³-hybridized carbons (Fsp3) is 0.306. The van der Waals surface area contributed by atoms with Crippen LogP contribution in [0.25, 0.3) is 0 Å². The number of aromatic nitrogens is 2. The maximum Gasteiger partial charge on any atom is 0.275 e. The molecular formula is C49H52F2N10O5S2. The molecule has 4 aliphatic heterocycles. The number of benzene rings is 4. The maximum absolute atomic E-state index is 14.0. The molecule has 0 radical (unpaired) electrons. The minimum absolute atomic E-state index is 0.0869. The molecule has 3 amide bonds. The lowest BCUT2D eigenvalue weighted by Crippen LogP contribution is -2.43. The smallest absolute Gasteiger partial charge is 0.275 e. The van der Waals surface area contributed by atoms with E-state index in [1.54, 1.807) is 45.9 Å². The van der Waals surface area contributed by atoms with Gasteiger partial charge in [-0.15, -0.1) is 22.7 Å². The Labute approximate surface area is 401 Å². The van der Waals surface area contributed by atoms with Crippen molar-refractivity contribution in [1.29, 1.82) is 0 Å². The van der Waals surface area contributed by atoms with Gasteiger partial charge in [0.05, 0.1) is 47.5 Å². The molecule has 354 valence electrons. The normalized spacial score (nSPS) is 16.1. The Morgan fingerprint density at radius 3 is 2.15 bits per heavy atom. The number of anilines is 7. The zero-order chi connectivity index (χ0) is 48.0. The van der Waals surface area contributed by atoms with Gasteiger partial charge in [-0.3, -0.25) is 29.0 Å². The summed E-state index contributed by atoms with van der Waals surface area (Å²) in [4.78, 5) is 65.3. The summed E-state index contributed by atoms with van der Waals surface area (Å²) in [7, 11) is 3.39. The fourth-order valence-electron chi connectivity index (χ4n) is 8.43. The molecule has 4 aliphatic rings. The summed E-state index contributed by atoms with van der Waals surface area (Å²) in [6.45, 7) is 11.5. The van der Waals surface area contributed by atoms with Crippen molar-refractivity contribution in [1.82, 2.24) is 20.6 Å². The van der Waals surface area contributed by atoms with Crippen LogP contribution in [0.1, 0.15) is 62.7 Å². The quantitative estimate of drug-likeness (QED) is 0.105. The third-order valence-electron chi connectivity index (χ3n) is 12.0. The average Bonchev–Trinajstić information content (AvgIpc) is 4.10. The lowest BCUT2D eigenvalue weighted by Gasteiger charge is -2.31. The largest absolute Gasteiger partial charge is 0.497 e. The zero-order valence-corrected chi connectivity index (χ0v) is 39.7. The first-order valence-electron chi connectivity index (χ1n) is 22.2. The molecule has 68 heavy (non-hydrogen) atoms. The van der Waals surface area contributed by atoms with Crippen LogP contribution in [0, 0.1) is 11.6 Å². The highest BCUT2D eigenvalue weighted by atomic mass is 32.1. The second kappa shape index (κ2) is 21.0. The van der Waals surface area contributed by atoms with E-state index in [2.05, 4.69) is 41.0 Å². The number of amides is 3. The van der Waals surface area contributed by atoms with Crippen molar-refractivity contribution in [2.45, 2.75) is 32.2 Å². The Morgan fingerprint density at radius 1 is 0.794 bits per heavy atom. The number of piperazine rings is 1. The minimum atomic E-state index is -0.676. The number of hydrogen-bond donors (Lipinski definition) is 4. The van der Waals surface area contributed by atoms with Crippen molar-refractivity contribution < 1.29 is 32.7 Å². The maximum atomic E-state index is 14.0. The van der Waals surface area contributed by atoms with E-state index >= 15 is 0 Å². The van der Waals surface area contributed by atoms with E-state index in [-0.39, 0.29) is 23.3 Å². The van der Waals surface area contributed by atoms with E-state index in [1.807, 2.05) is 63.4 Å². The van der Waals surface area contributed by atoms with Crippen LogP contribution in [-0.2, 0) is 16.8 Å². The van der Waals surface area contributed by atoms with Gasteiger partial charge in [0.2, 0.25) is 5.91 Å². The standard InChI is InChI=1S/C24H24FN5O2S.C13H10N2O3S.C12H18FN3/c1-24(2)16-5-3-4-6-19(16)30(22(24)32)23-28-18(14-33-23)21(31)27-17-13-15(25)7-8-20(17)29-11-9-26-10-12-29;1-18-10-3-2-8-5-15(12(17)11(8)4-10)13-14-9(6-16)7-19-13;1-14-11-9-10(13)3-4-12(11)16-7-2-5-15-6-8-16/h3-8,13-14,26H,9-12H2,1-2H3,(H,27,31);2-4,6-7H,5H2,1H3;3-4,9,14-15H,2,5-8H2,1H3. The number of methoxy groups -OCH3 is 1. The minimum Gasteiger partial charge on any atom is -0.497 e. The van der Waals surface area contributed by atoms with Gasteiger partial charge in [-0.25, -0.2) is 18.7 Å². The molecule has 2 fully saturated rings. The third kappa shape index (κ3) is 10.2. The van der Waals surface area contributed by atoms with Gasteiger partial charge in [0.1, 0.15) is 28.8 Å². The highest BCUT2D eigenvalue weighted by Crippen LogP contribution is 2.46. The summed E-state index contributed by atoms with van der Waals surface area (Å²) in [6.07, 6.45) is 1.80. The molecule has 4 aromatic carbocycles. The van der Waals surface area contributed by atoms with Crippen molar-refractivity contribution in [3.63, 3.8) is 0 Å². The molecule has 0 atom stereocenters. The lowest BCUT2D eigenvalue weighted by molar-refractivity contribution is -0.121. The SMILES string of the molecule is CC1(C)C(=O)N(c2nc(C(=O)Nc3cc(F)ccc3N3CCNCC3)cs2)c2ccccc21.CNc1cc(F)ccc1N1CCCNCC1.COc1ccc2c(c1)C(=O)N(c1nc(C=O)cs1)C2. The second-order valence-electron chi connectivity index (χ2n) is 16.7. The Kier molecular flexibility index (Phi) is 14.7. The van der Waals surface area contributed by atoms with Crippen LogP contribution in [-0.4, -0.2) is 100 Å². The third-order valence-corrected chi connectivity index (χ3v) is 13.7. The van der Waals surface area contributed by atoms with Crippen LogP contribution in [0.3, 0.4) is 0 Å². The number of para-hydroxylation sites is 1. The van der Waals surface area contributed by atoms with Crippen LogP contribution < -0.4 is 45.6 Å². The van der Waals surface area contributed by atoms with Crippen molar-refractivity contribution in [2.75, 3.05) is 96.7 Å². The van der Waals surface area contributed by atoms with Crippen LogP contribution in [0.15, 0.2) is 89.6 Å². The van der Waals surface area contributed by atoms with Gasteiger partial charge in [0.15, 0.2) is 16.5 Å². The number of halogens is 2. The number of rotatable bonds is 9. The number of ether oxygens (including phenoxy) is 1. The van der Waals surface area contributed by atoms with Crippen LogP contribution >= 0.6 is 22.7 Å². The molecule has 0 aliphatic carbocycles. The molecule has 6 aromatic rings. The number of aldehydes is 1. The molecule has 15 nitrogen and oxygen atoms in total. The van der Waals surface area contributed by atoms with E-state index in [1.165, 1.54) is 40.9 Å². The predicted octanol–water partition coefficient (Wildman–Crippen LogP) is 7.69. The van der Waals surface area contributed by atoms with Gasteiger partial charge >= 0.3 is 0 Å². The first kappa shape index (κ1) is 47.7. The molecule has 10 rings (SSSR count). The summed E-state index contributed by atoms with van der Waals surface area (Å²) in [5.74, 6) is -0.608. The zero-order valence-electron chi connectivity index (χ0n) is 38.1. The second-order valence-corrected chi connectivity index (χ2v) is 18.4. The Hall–Kier alpha value is -6.80. The molecule has 2 aromatic heterocycles. The number of nitrogens with one attached hydrogen (secondary N) is 4. The van der Waals surface area contributed by atoms with Crippen molar-refractivity contribution in [3.8, 4) is 5.75 Å². The van der Waals surface area contributed by atoms with Gasteiger partial charge in [-0.05, 0) is 92.5 Å². The predicted molar refractivity (Wildman–Crippen MR) is 265 cm³/mol. The average molecular weight is 963 g/mol. The summed E-state index contributed by atoms with van der Waals surface area (Å²) in [6, 6.07) is 22.4. The van der Waals surface area contributed by atoms with Crippen molar-refractivity contribution in [3.05, 3.63) is 129 Å². The molecule has 0 spiro atoms. The molecule has 0 unspecified atom stereocenters. The van der Waals surface area contributed by atoms with Gasteiger partial charge in [-0.1, -0.05) is 24.3 Å². The highest BCUT2D eigenvalue weighted by molar-refractivity contribution is 7.14. The Morgan fingerprint density at radius 2 is 1.46 bits per heavy atom. The van der Waals surface area contributed by atoms with Gasteiger partial charge < -0.3 is 35.8 Å². The first-order valence-corrected chi connectivity index (χ1v) is 23.9. The van der Waals surface area contributed by atoms with Crippen molar-refractivity contribution in [2.24, 2.45) is 0 Å². The molecule has 4 N–H and O–H groups in total. The number of carbonyl (C=O) groups is 4.